The Morgan fingerprint density at radius 3 is 2.79 bits per heavy atom. The summed E-state index contributed by atoms with van der Waals surface area (Å²) in [7, 11) is 0. The number of hydrogen-bond donors (Lipinski definition) is 3. The molecule has 1 aliphatic rings. The summed E-state index contributed by atoms with van der Waals surface area (Å²) in [5.41, 5.74) is 7.21. The molecule has 0 radical (unpaired) electrons. The molecule has 2 aromatic heterocycles. The van der Waals surface area contributed by atoms with Crippen LogP contribution in [0.2, 0.25) is 0 Å². The SMILES string of the molecule is Nc1ncnc2c1ccn2[C@@H]1O[C@H]([C@H](O)c2ccccc2)C[C@H]1O. The first-order chi connectivity index (χ1) is 11.6. The molecule has 0 bridgehead atoms. The number of ether oxygens (including phenoxy) is 1. The van der Waals surface area contributed by atoms with Gasteiger partial charge in [-0.1, -0.05) is 30.3 Å². The molecule has 7 nitrogen and oxygen atoms in total. The van der Waals surface area contributed by atoms with E-state index in [1.54, 1.807) is 16.8 Å². The first-order valence-corrected chi connectivity index (χ1v) is 7.78. The Hall–Kier alpha value is -2.48. The molecule has 4 atom stereocenters. The zero-order chi connectivity index (χ0) is 16.7. The van der Waals surface area contributed by atoms with Crippen LogP contribution in [0.25, 0.3) is 11.0 Å². The van der Waals surface area contributed by atoms with Gasteiger partial charge in [0.05, 0.1) is 11.5 Å². The van der Waals surface area contributed by atoms with Crippen molar-refractivity contribution in [2.75, 3.05) is 5.73 Å². The highest BCUT2D eigenvalue weighted by atomic mass is 16.5. The average Bonchev–Trinajstić information content (AvgIpc) is 3.19. The molecule has 7 heteroatoms. The van der Waals surface area contributed by atoms with E-state index in [1.165, 1.54) is 6.33 Å². The average molecular weight is 326 g/mol. The van der Waals surface area contributed by atoms with E-state index >= 15 is 0 Å². The van der Waals surface area contributed by atoms with E-state index in [4.69, 9.17) is 10.5 Å². The van der Waals surface area contributed by atoms with Gasteiger partial charge < -0.3 is 25.3 Å². The number of aromatic nitrogens is 3. The zero-order valence-electron chi connectivity index (χ0n) is 12.9. The van der Waals surface area contributed by atoms with Gasteiger partial charge in [0.25, 0.3) is 0 Å². The minimum absolute atomic E-state index is 0.334. The van der Waals surface area contributed by atoms with Crippen molar-refractivity contribution >= 4 is 16.9 Å². The molecule has 0 unspecified atom stereocenters. The van der Waals surface area contributed by atoms with E-state index in [0.29, 0.717) is 23.3 Å². The first kappa shape index (κ1) is 15.1. The van der Waals surface area contributed by atoms with Gasteiger partial charge in [-0.3, -0.25) is 0 Å². The Morgan fingerprint density at radius 1 is 1.21 bits per heavy atom. The molecule has 24 heavy (non-hydrogen) atoms. The molecule has 124 valence electrons. The number of aliphatic hydroxyl groups excluding tert-OH is 2. The lowest BCUT2D eigenvalue weighted by Crippen LogP contribution is -2.20. The Morgan fingerprint density at radius 2 is 2.00 bits per heavy atom. The predicted molar refractivity (Wildman–Crippen MR) is 87.9 cm³/mol. The fraction of sp³-hybridized carbons (Fsp3) is 0.294. The van der Waals surface area contributed by atoms with Gasteiger partial charge in [-0.25, -0.2) is 9.97 Å². The van der Waals surface area contributed by atoms with Crippen LogP contribution in [0, 0.1) is 0 Å². The number of fused-ring (bicyclic) bond motifs is 1. The van der Waals surface area contributed by atoms with Gasteiger partial charge in [-0.2, -0.15) is 0 Å². The Labute approximate surface area is 138 Å². The maximum atomic E-state index is 10.5. The van der Waals surface area contributed by atoms with Crippen molar-refractivity contribution in [1.82, 2.24) is 14.5 Å². The maximum absolute atomic E-state index is 10.5. The van der Waals surface area contributed by atoms with Crippen LogP contribution in [0.5, 0.6) is 0 Å². The van der Waals surface area contributed by atoms with Crippen LogP contribution < -0.4 is 5.73 Å². The first-order valence-electron chi connectivity index (χ1n) is 7.78. The van der Waals surface area contributed by atoms with Crippen LogP contribution >= 0.6 is 0 Å². The highest BCUT2D eigenvalue weighted by molar-refractivity contribution is 5.86. The minimum atomic E-state index is -0.799. The summed E-state index contributed by atoms with van der Waals surface area (Å²) in [6, 6.07) is 11.1. The fourth-order valence-electron chi connectivity index (χ4n) is 3.19. The normalized spacial score (nSPS) is 25.2. The van der Waals surface area contributed by atoms with Crippen LogP contribution in [0.3, 0.4) is 0 Å². The van der Waals surface area contributed by atoms with Gasteiger partial charge in [0.1, 0.15) is 30.0 Å². The van der Waals surface area contributed by atoms with E-state index in [-0.39, 0.29) is 0 Å². The van der Waals surface area contributed by atoms with Crippen molar-refractivity contribution in [3.05, 3.63) is 54.5 Å². The number of benzene rings is 1. The summed E-state index contributed by atoms with van der Waals surface area (Å²) in [6.07, 6.45) is 0.810. The van der Waals surface area contributed by atoms with E-state index in [1.807, 2.05) is 30.3 Å². The highest BCUT2D eigenvalue weighted by Crippen LogP contribution is 2.37. The standard InChI is InChI=1S/C17H18N4O3/c18-15-11-6-7-21(16(11)20-9-19-15)17-12(22)8-13(24-17)14(23)10-4-2-1-3-5-10/h1-7,9,12-14,17,22-23H,8H2,(H2,18,19,20)/t12-,13+,14-,17-/m1/s1. The molecule has 1 aromatic carbocycles. The number of nitrogens with two attached hydrogens (primary N) is 1. The molecule has 0 aliphatic carbocycles. The van der Waals surface area contributed by atoms with E-state index < -0.39 is 24.5 Å². The Balaban J connectivity index is 1.62. The molecule has 3 heterocycles. The van der Waals surface area contributed by atoms with Gasteiger partial charge >= 0.3 is 0 Å². The topological polar surface area (TPSA) is 106 Å². The summed E-state index contributed by atoms with van der Waals surface area (Å²) < 4.78 is 7.68. The smallest absolute Gasteiger partial charge is 0.161 e. The molecular formula is C17H18N4O3. The summed E-state index contributed by atoms with van der Waals surface area (Å²) in [6.45, 7) is 0. The second-order valence-electron chi connectivity index (χ2n) is 5.94. The number of nitrogens with zero attached hydrogens (tertiary/aromatic N) is 3. The summed E-state index contributed by atoms with van der Waals surface area (Å²) in [5, 5.41) is 21.7. The number of anilines is 1. The second kappa shape index (κ2) is 5.86. The van der Waals surface area contributed by atoms with Gasteiger partial charge in [0, 0.05) is 12.6 Å². The van der Waals surface area contributed by atoms with E-state index in [2.05, 4.69) is 9.97 Å². The highest BCUT2D eigenvalue weighted by Gasteiger charge is 2.39. The predicted octanol–water partition coefficient (Wildman–Crippen LogP) is 1.40. The van der Waals surface area contributed by atoms with Crippen molar-refractivity contribution in [2.24, 2.45) is 0 Å². The van der Waals surface area contributed by atoms with Gasteiger partial charge in [-0.05, 0) is 11.6 Å². The lowest BCUT2D eigenvalue weighted by atomic mass is 10.0. The van der Waals surface area contributed by atoms with Crippen LogP contribution in [0.1, 0.15) is 24.3 Å². The molecule has 0 saturated carbocycles. The molecule has 0 spiro atoms. The van der Waals surface area contributed by atoms with Crippen LogP contribution in [0.4, 0.5) is 5.82 Å². The van der Waals surface area contributed by atoms with Crippen molar-refractivity contribution in [3.8, 4) is 0 Å². The third-order valence-electron chi connectivity index (χ3n) is 4.42. The van der Waals surface area contributed by atoms with Crippen LogP contribution in [-0.2, 0) is 4.74 Å². The van der Waals surface area contributed by atoms with Crippen molar-refractivity contribution in [1.29, 1.82) is 0 Å². The second-order valence-corrected chi connectivity index (χ2v) is 5.94. The summed E-state index contributed by atoms with van der Waals surface area (Å²) >= 11 is 0. The quantitative estimate of drug-likeness (QED) is 0.671. The number of rotatable bonds is 3. The number of aliphatic hydroxyl groups is 2. The van der Waals surface area contributed by atoms with Gasteiger partial charge in [0.2, 0.25) is 0 Å². The van der Waals surface area contributed by atoms with Gasteiger partial charge in [0.15, 0.2) is 6.23 Å². The zero-order valence-corrected chi connectivity index (χ0v) is 12.9. The lowest BCUT2D eigenvalue weighted by molar-refractivity contribution is -0.0750. The lowest BCUT2D eigenvalue weighted by Gasteiger charge is -2.20. The Kier molecular flexibility index (Phi) is 3.68. The molecule has 1 saturated heterocycles. The third-order valence-corrected chi connectivity index (χ3v) is 4.42. The minimum Gasteiger partial charge on any atom is -0.388 e. The van der Waals surface area contributed by atoms with Crippen molar-refractivity contribution in [2.45, 2.75) is 31.0 Å². The van der Waals surface area contributed by atoms with Crippen molar-refractivity contribution in [3.63, 3.8) is 0 Å². The molecule has 4 rings (SSSR count). The van der Waals surface area contributed by atoms with Gasteiger partial charge in [-0.15, -0.1) is 0 Å². The van der Waals surface area contributed by atoms with Crippen LogP contribution in [0.15, 0.2) is 48.9 Å². The third kappa shape index (κ3) is 2.43. The van der Waals surface area contributed by atoms with Crippen molar-refractivity contribution < 1.29 is 14.9 Å². The summed E-state index contributed by atoms with van der Waals surface area (Å²) in [4.78, 5) is 8.19. The largest absolute Gasteiger partial charge is 0.388 e. The van der Waals surface area contributed by atoms with Crippen LogP contribution in [-0.4, -0.2) is 37.0 Å². The number of hydrogen-bond acceptors (Lipinski definition) is 6. The summed E-state index contributed by atoms with van der Waals surface area (Å²) in [5.74, 6) is 0.382. The fourth-order valence-corrected chi connectivity index (χ4v) is 3.19. The monoisotopic (exact) mass is 326 g/mol. The molecular weight excluding hydrogens is 308 g/mol. The molecule has 1 fully saturated rings. The molecule has 4 N–H and O–H groups in total. The molecule has 3 aromatic rings. The number of nitrogen functional groups attached to an aromatic ring is 1. The molecule has 1 aliphatic heterocycles. The Bertz CT molecular complexity index is 851. The maximum Gasteiger partial charge on any atom is 0.161 e. The molecule has 0 amide bonds. The van der Waals surface area contributed by atoms with E-state index in [0.717, 1.165) is 5.56 Å². The van der Waals surface area contributed by atoms with E-state index in [9.17, 15) is 10.2 Å².